The SMILES string of the molecule is CC(C)c1ocnc1-c1ccc(C(=O)O)cc1. The zero-order valence-electron chi connectivity index (χ0n) is 9.68. The summed E-state index contributed by atoms with van der Waals surface area (Å²) in [4.78, 5) is 14.9. The highest BCUT2D eigenvalue weighted by Gasteiger charge is 2.14. The fraction of sp³-hybridized carbons (Fsp3) is 0.231. The first kappa shape index (κ1) is 11.4. The standard InChI is InChI=1S/C13H13NO3/c1-8(2)12-11(14-7-17-12)9-3-5-10(6-4-9)13(15)16/h3-8H,1-2H3,(H,15,16). The summed E-state index contributed by atoms with van der Waals surface area (Å²) in [6.07, 6.45) is 1.41. The van der Waals surface area contributed by atoms with E-state index in [4.69, 9.17) is 9.52 Å². The fourth-order valence-corrected chi connectivity index (χ4v) is 1.65. The molecule has 2 aromatic rings. The first-order chi connectivity index (χ1) is 8.09. The van der Waals surface area contributed by atoms with E-state index in [9.17, 15) is 4.79 Å². The lowest BCUT2D eigenvalue weighted by Crippen LogP contribution is -1.95. The van der Waals surface area contributed by atoms with Gasteiger partial charge >= 0.3 is 5.97 Å². The Kier molecular flexibility index (Phi) is 2.95. The van der Waals surface area contributed by atoms with Crippen molar-refractivity contribution in [3.05, 3.63) is 42.0 Å². The van der Waals surface area contributed by atoms with Gasteiger partial charge in [0.2, 0.25) is 0 Å². The zero-order valence-corrected chi connectivity index (χ0v) is 9.68. The van der Waals surface area contributed by atoms with E-state index in [1.807, 2.05) is 13.8 Å². The molecule has 2 rings (SSSR count). The number of rotatable bonds is 3. The molecule has 0 unspecified atom stereocenters. The maximum Gasteiger partial charge on any atom is 0.335 e. The Hall–Kier alpha value is -2.10. The minimum Gasteiger partial charge on any atom is -0.478 e. The lowest BCUT2D eigenvalue weighted by molar-refractivity contribution is 0.0697. The predicted octanol–water partition coefficient (Wildman–Crippen LogP) is 3.16. The van der Waals surface area contributed by atoms with Gasteiger partial charge in [-0.25, -0.2) is 9.78 Å². The van der Waals surface area contributed by atoms with Crippen molar-refractivity contribution in [1.29, 1.82) is 0 Å². The predicted molar refractivity (Wildman–Crippen MR) is 63.0 cm³/mol. The first-order valence-corrected chi connectivity index (χ1v) is 5.36. The van der Waals surface area contributed by atoms with Crippen molar-refractivity contribution in [2.24, 2.45) is 0 Å². The molecule has 1 N–H and O–H groups in total. The molecule has 0 bridgehead atoms. The van der Waals surface area contributed by atoms with E-state index in [0.29, 0.717) is 0 Å². The zero-order chi connectivity index (χ0) is 12.4. The van der Waals surface area contributed by atoms with Crippen molar-refractivity contribution in [2.75, 3.05) is 0 Å². The Morgan fingerprint density at radius 3 is 2.47 bits per heavy atom. The molecule has 17 heavy (non-hydrogen) atoms. The molecule has 0 aliphatic carbocycles. The second kappa shape index (κ2) is 4.41. The van der Waals surface area contributed by atoms with Crippen molar-refractivity contribution in [2.45, 2.75) is 19.8 Å². The lowest BCUT2D eigenvalue weighted by Gasteiger charge is -2.04. The Bertz CT molecular complexity index is 526. The molecule has 1 aromatic heterocycles. The number of benzene rings is 1. The average Bonchev–Trinajstić information content (AvgIpc) is 2.78. The summed E-state index contributed by atoms with van der Waals surface area (Å²) in [5.74, 6) is 0.125. The number of hydrogen-bond donors (Lipinski definition) is 1. The van der Waals surface area contributed by atoms with Crippen LogP contribution in [-0.2, 0) is 0 Å². The largest absolute Gasteiger partial charge is 0.478 e. The van der Waals surface area contributed by atoms with Crippen LogP contribution in [0.25, 0.3) is 11.3 Å². The van der Waals surface area contributed by atoms with Gasteiger partial charge in [-0.15, -0.1) is 0 Å². The van der Waals surface area contributed by atoms with Gasteiger partial charge in [-0.1, -0.05) is 26.0 Å². The molecule has 4 nitrogen and oxygen atoms in total. The van der Waals surface area contributed by atoms with Gasteiger partial charge in [0.25, 0.3) is 0 Å². The van der Waals surface area contributed by atoms with Gasteiger partial charge < -0.3 is 9.52 Å². The highest BCUT2D eigenvalue weighted by molar-refractivity contribution is 5.88. The van der Waals surface area contributed by atoms with Gasteiger partial charge in [-0.2, -0.15) is 0 Å². The van der Waals surface area contributed by atoms with E-state index < -0.39 is 5.97 Å². The second-order valence-electron chi connectivity index (χ2n) is 4.10. The van der Waals surface area contributed by atoms with Crippen LogP contribution in [0.3, 0.4) is 0 Å². The van der Waals surface area contributed by atoms with Crippen LogP contribution in [0.1, 0.15) is 35.9 Å². The van der Waals surface area contributed by atoms with Crippen LogP contribution >= 0.6 is 0 Å². The summed E-state index contributed by atoms with van der Waals surface area (Å²) in [5.41, 5.74) is 1.91. The highest BCUT2D eigenvalue weighted by atomic mass is 16.4. The third kappa shape index (κ3) is 2.20. The molecule has 0 amide bonds. The van der Waals surface area contributed by atoms with Crippen LogP contribution in [0, 0.1) is 0 Å². The minimum atomic E-state index is -0.930. The van der Waals surface area contributed by atoms with E-state index >= 15 is 0 Å². The van der Waals surface area contributed by atoms with Crippen LogP contribution < -0.4 is 0 Å². The van der Waals surface area contributed by atoms with Gasteiger partial charge in [-0.3, -0.25) is 0 Å². The number of nitrogens with zero attached hydrogens (tertiary/aromatic N) is 1. The van der Waals surface area contributed by atoms with Crippen LogP contribution in [0.4, 0.5) is 0 Å². The van der Waals surface area contributed by atoms with Gasteiger partial charge in [-0.05, 0) is 12.1 Å². The number of aromatic carboxylic acids is 1. The van der Waals surface area contributed by atoms with E-state index in [-0.39, 0.29) is 11.5 Å². The van der Waals surface area contributed by atoms with E-state index in [0.717, 1.165) is 17.0 Å². The van der Waals surface area contributed by atoms with Crippen LogP contribution in [0.5, 0.6) is 0 Å². The molecular weight excluding hydrogens is 218 g/mol. The third-order valence-corrected chi connectivity index (χ3v) is 2.52. The molecule has 1 heterocycles. The van der Waals surface area contributed by atoms with Gasteiger partial charge in [0, 0.05) is 11.5 Å². The quantitative estimate of drug-likeness (QED) is 0.881. The number of aromatic nitrogens is 1. The second-order valence-corrected chi connectivity index (χ2v) is 4.10. The normalized spacial score (nSPS) is 10.8. The van der Waals surface area contributed by atoms with Gasteiger partial charge in [0.15, 0.2) is 6.39 Å². The Labute approximate surface area is 98.9 Å². The fourth-order valence-electron chi connectivity index (χ4n) is 1.65. The molecule has 0 aliphatic rings. The lowest BCUT2D eigenvalue weighted by atomic mass is 10.0. The van der Waals surface area contributed by atoms with Crippen LogP contribution in [-0.4, -0.2) is 16.1 Å². The molecule has 4 heteroatoms. The summed E-state index contributed by atoms with van der Waals surface area (Å²) < 4.78 is 5.33. The average molecular weight is 231 g/mol. The molecular formula is C13H13NO3. The molecule has 0 radical (unpaired) electrons. The van der Waals surface area contributed by atoms with E-state index in [2.05, 4.69) is 4.98 Å². The summed E-state index contributed by atoms with van der Waals surface area (Å²) >= 11 is 0. The summed E-state index contributed by atoms with van der Waals surface area (Å²) in [5, 5.41) is 8.81. The van der Waals surface area contributed by atoms with Crippen molar-refractivity contribution in [3.63, 3.8) is 0 Å². The first-order valence-electron chi connectivity index (χ1n) is 5.36. The molecule has 0 saturated heterocycles. The molecule has 0 aliphatic heterocycles. The molecule has 0 spiro atoms. The summed E-state index contributed by atoms with van der Waals surface area (Å²) in [7, 11) is 0. The van der Waals surface area contributed by atoms with E-state index in [1.165, 1.54) is 6.39 Å². The molecule has 0 saturated carbocycles. The maximum atomic E-state index is 10.7. The number of carbonyl (C=O) groups is 1. The van der Waals surface area contributed by atoms with Crippen molar-refractivity contribution in [1.82, 2.24) is 4.98 Å². The summed E-state index contributed by atoms with van der Waals surface area (Å²) in [6.45, 7) is 4.05. The third-order valence-electron chi connectivity index (χ3n) is 2.52. The van der Waals surface area contributed by atoms with Crippen molar-refractivity contribution < 1.29 is 14.3 Å². The van der Waals surface area contributed by atoms with Crippen molar-refractivity contribution >= 4 is 5.97 Å². The van der Waals surface area contributed by atoms with Gasteiger partial charge in [0.05, 0.1) is 5.56 Å². The monoisotopic (exact) mass is 231 g/mol. The number of hydrogen-bond acceptors (Lipinski definition) is 3. The van der Waals surface area contributed by atoms with Crippen molar-refractivity contribution in [3.8, 4) is 11.3 Å². The highest BCUT2D eigenvalue weighted by Crippen LogP contribution is 2.27. The smallest absolute Gasteiger partial charge is 0.335 e. The Morgan fingerprint density at radius 1 is 1.29 bits per heavy atom. The maximum absolute atomic E-state index is 10.7. The molecule has 88 valence electrons. The minimum absolute atomic E-state index is 0.242. The van der Waals surface area contributed by atoms with E-state index in [1.54, 1.807) is 24.3 Å². The number of carboxylic acid groups (broad SMARTS) is 1. The topological polar surface area (TPSA) is 63.3 Å². The number of carboxylic acids is 1. The van der Waals surface area contributed by atoms with Gasteiger partial charge in [0.1, 0.15) is 11.5 Å². The Morgan fingerprint density at radius 2 is 1.94 bits per heavy atom. The molecule has 0 atom stereocenters. The molecule has 0 fully saturated rings. The summed E-state index contributed by atoms with van der Waals surface area (Å²) in [6, 6.07) is 6.62. The Balaban J connectivity index is 2.40. The van der Waals surface area contributed by atoms with Crippen LogP contribution in [0.15, 0.2) is 35.1 Å². The molecule has 1 aromatic carbocycles. The number of oxazole rings is 1. The van der Waals surface area contributed by atoms with Crippen LogP contribution in [0.2, 0.25) is 0 Å².